The molecule has 2 unspecified atom stereocenters. The molecule has 0 fully saturated rings. The number of carbonyl (C=O) groups excluding carboxylic acids is 1. The van der Waals surface area contributed by atoms with Crippen molar-refractivity contribution in [1.29, 1.82) is 0 Å². The number of methoxy groups -OCH3 is 2. The van der Waals surface area contributed by atoms with Gasteiger partial charge in [-0.1, -0.05) is 0 Å². The molecule has 100 valence electrons. The van der Waals surface area contributed by atoms with Gasteiger partial charge < -0.3 is 19.7 Å². The van der Waals surface area contributed by atoms with Crippen LogP contribution in [0.4, 0.5) is 0 Å². The molecule has 1 aromatic carbocycles. The normalized spacial score (nSPS) is 13.8. The second-order valence-electron chi connectivity index (χ2n) is 3.61. The van der Waals surface area contributed by atoms with Crippen LogP contribution in [0.5, 0.6) is 5.75 Å². The summed E-state index contributed by atoms with van der Waals surface area (Å²) in [5.41, 5.74) is 0.544. The highest BCUT2D eigenvalue weighted by molar-refractivity contribution is 6.18. The fourth-order valence-corrected chi connectivity index (χ4v) is 1.67. The minimum Gasteiger partial charge on any atom is -0.496 e. The van der Waals surface area contributed by atoms with Crippen LogP contribution in [0.2, 0.25) is 0 Å². The molecular weight excluding hydrogens is 260 g/mol. The lowest BCUT2D eigenvalue weighted by Crippen LogP contribution is -2.20. The lowest BCUT2D eigenvalue weighted by Gasteiger charge is -2.19. The summed E-state index contributed by atoms with van der Waals surface area (Å²) >= 11 is 5.48. The van der Waals surface area contributed by atoms with Crippen LogP contribution in [0.25, 0.3) is 0 Å². The summed E-state index contributed by atoms with van der Waals surface area (Å²) in [6, 6.07) is 4.44. The molecule has 18 heavy (non-hydrogen) atoms. The maximum Gasteiger partial charge on any atom is 0.337 e. The van der Waals surface area contributed by atoms with E-state index in [4.69, 9.17) is 16.3 Å². The first-order chi connectivity index (χ1) is 8.54. The Morgan fingerprint density at radius 2 is 2.06 bits per heavy atom. The molecule has 0 aromatic heterocycles. The van der Waals surface area contributed by atoms with Crippen molar-refractivity contribution >= 4 is 17.6 Å². The van der Waals surface area contributed by atoms with Crippen molar-refractivity contribution in [2.75, 3.05) is 20.1 Å². The van der Waals surface area contributed by atoms with Gasteiger partial charge in [0.15, 0.2) is 0 Å². The third-order valence-electron chi connectivity index (χ3n) is 2.49. The lowest BCUT2D eigenvalue weighted by atomic mass is 10.0. The van der Waals surface area contributed by atoms with Gasteiger partial charge in [0.25, 0.3) is 0 Å². The summed E-state index contributed by atoms with van der Waals surface area (Å²) in [7, 11) is 2.69. The maximum absolute atomic E-state index is 11.4. The Hall–Kier alpha value is -1.30. The van der Waals surface area contributed by atoms with Crippen LogP contribution in [0.15, 0.2) is 18.2 Å². The highest BCUT2D eigenvalue weighted by Gasteiger charge is 2.22. The summed E-state index contributed by atoms with van der Waals surface area (Å²) in [6.45, 7) is 0. The predicted molar refractivity (Wildman–Crippen MR) is 66.0 cm³/mol. The van der Waals surface area contributed by atoms with Gasteiger partial charge in [-0.15, -0.1) is 11.6 Å². The quantitative estimate of drug-likeness (QED) is 0.621. The number of hydrogen-bond donors (Lipinski definition) is 2. The van der Waals surface area contributed by atoms with Gasteiger partial charge in [-0.05, 0) is 18.2 Å². The monoisotopic (exact) mass is 274 g/mol. The first-order valence-electron chi connectivity index (χ1n) is 5.23. The van der Waals surface area contributed by atoms with Crippen molar-refractivity contribution in [1.82, 2.24) is 0 Å². The Morgan fingerprint density at radius 1 is 1.39 bits per heavy atom. The highest BCUT2D eigenvalue weighted by Crippen LogP contribution is 2.29. The van der Waals surface area contributed by atoms with E-state index in [1.807, 2.05) is 0 Å². The molecule has 6 heteroatoms. The van der Waals surface area contributed by atoms with Gasteiger partial charge in [0, 0.05) is 5.56 Å². The van der Waals surface area contributed by atoms with Gasteiger partial charge in [0.1, 0.15) is 11.9 Å². The van der Waals surface area contributed by atoms with Gasteiger partial charge >= 0.3 is 5.97 Å². The minimum atomic E-state index is -1.23. The molecule has 0 saturated heterocycles. The summed E-state index contributed by atoms with van der Waals surface area (Å²) in [4.78, 5) is 11.4. The zero-order chi connectivity index (χ0) is 13.7. The maximum atomic E-state index is 11.4. The first kappa shape index (κ1) is 14.8. The smallest absolute Gasteiger partial charge is 0.337 e. The predicted octanol–water partition coefficient (Wildman–Crippen LogP) is 1.11. The number of alkyl halides is 1. The fraction of sp³-hybridized carbons (Fsp3) is 0.417. The minimum absolute atomic E-state index is 0.132. The first-order valence-corrected chi connectivity index (χ1v) is 5.77. The van der Waals surface area contributed by atoms with Gasteiger partial charge in [-0.2, -0.15) is 0 Å². The molecule has 0 aliphatic heterocycles. The Balaban J connectivity index is 3.17. The van der Waals surface area contributed by atoms with E-state index in [0.29, 0.717) is 5.75 Å². The highest BCUT2D eigenvalue weighted by atomic mass is 35.5. The zero-order valence-electron chi connectivity index (χ0n) is 10.1. The van der Waals surface area contributed by atoms with E-state index in [9.17, 15) is 15.0 Å². The van der Waals surface area contributed by atoms with Crippen molar-refractivity contribution in [3.63, 3.8) is 0 Å². The Bertz CT molecular complexity index is 421. The molecule has 1 aromatic rings. The summed E-state index contributed by atoms with van der Waals surface area (Å²) in [6.07, 6.45) is -2.38. The largest absolute Gasteiger partial charge is 0.496 e. The number of hydrogen-bond acceptors (Lipinski definition) is 5. The molecule has 0 aliphatic carbocycles. The Labute approximate surface area is 110 Å². The number of aliphatic hydroxyl groups is 2. The van der Waals surface area contributed by atoms with Crippen LogP contribution in [0.1, 0.15) is 22.0 Å². The summed E-state index contributed by atoms with van der Waals surface area (Å²) in [5.74, 6) is -0.307. The van der Waals surface area contributed by atoms with Crippen LogP contribution in [-0.2, 0) is 4.74 Å². The number of esters is 1. The SMILES string of the molecule is COC(=O)c1ccc(OC)c(C(O)C(O)CCl)c1. The molecule has 0 heterocycles. The third kappa shape index (κ3) is 3.13. The Morgan fingerprint density at radius 3 is 2.56 bits per heavy atom. The molecule has 0 spiro atoms. The molecule has 2 atom stereocenters. The molecule has 0 radical (unpaired) electrons. The van der Waals surface area contributed by atoms with Crippen LogP contribution in [0, 0.1) is 0 Å². The average Bonchev–Trinajstić information content (AvgIpc) is 2.43. The van der Waals surface area contributed by atoms with E-state index < -0.39 is 18.2 Å². The second kappa shape index (κ2) is 6.58. The lowest BCUT2D eigenvalue weighted by molar-refractivity contribution is 0.0310. The van der Waals surface area contributed by atoms with Gasteiger partial charge in [-0.25, -0.2) is 4.79 Å². The van der Waals surface area contributed by atoms with Crippen molar-refractivity contribution in [2.24, 2.45) is 0 Å². The molecule has 0 saturated carbocycles. The molecule has 2 N–H and O–H groups in total. The van der Waals surface area contributed by atoms with E-state index >= 15 is 0 Å². The number of aliphatic hydroxyl groups excluding tert-OH is 2. The fourth-order valence-electron chi connectivity index (χ4n) is 1.50. The van der Waals surface area contributed by atoms with E-state index in [-0.39, 0.29) is 17.0 Å². The molecule has 1 rings (SSSR count). The van der Waals surface area contributed by atoms with Crippen LogP contribution in [-0.4, -0.2) is 42.4 Å². The third-order valence-corrected chi connectivity index (χ3v) is 2.81. The molecule has 5 nitrogen and oxygen atoms in total. The van der Waals surface area contributed by atoms with E-state index in [2.05, 4.69) is 4.74 Å². The number of carbonyl (C=O) groups is 1. The van der Waals surface area contributed by atoms with Gasteiger partial charge in [0.2, 0.25) is 0 Å². The molecule has 0 bridgehead atoms. The van der Waals surface area contributed by atoms with Crippen LogP contribution in [0.3, 0.4) is 0 Å². The van der Waals surface area contributed by atoms with Crippen molar-refractivity contribution in [2.45, 2.75) is 12.2 Å². The molecule has 0 amide bonds. The Kier molecular flexibility index (Phi) is 5.40. The standard InChI is InChI=1S/C12H15ClO5/c1-17-10-4-3-7(12(16)18-2)5-8(10)11(15)9(14)6-13/h3-5,9,11,14-15H,6H2,1-2H3. The topological polar surface area (TPSA) is 76.0 Å². The van der Waals surface area contributed by atoms with E-state index in [1.165, 1.54) is 32.4 Å². The van der Waals surface area contributed by atoms with Crippen molar-refractivity contribution in [3.8, 4) is 5.75 Å². The number of benzene rings is 1. The van der Waals surface area contributed by atoms with Crippen molar-refractivity contribution < 1.29 is 24.5 Å². The van der Waals surface area contributed by atoms with Crippen LogP contribution < -0.4 is 4.74 Å². The number of ether oxygens (including phenoxy) is 2. The average molecular weight is 275 g/mol. The van der Waals surface area contributed by atoms with E-state index in [1.54, 1.807) is 0 Å². The second-order valence-corrected chi connectivity index (χ2v) is 3.92. The van der Waals surface area contributed by atoms with E-state index in [0.717, 1.165) is 0 Å². The van der Waals surface area contributed by atoms with Gasteiger partial charge in [0.05, 0.1) is 31.8 Å². The molecule has 0 aliphatic rings. The summed E-state index contributed by atoms with van der Waals surface area (Å²) in [5, 5.41) is 19.4. The number of rotatable bonds is 5. The molecular formula is C12H15ClO5. The van der Waals surface area contributed by atoms with Gasteiger partial charge in [-0.3, -0.25) is 0 Å². The zero-order valence-corrected chi connectivity index (χ0v) is 10.8. The number of halogens is 1. The van der Waals surface area contributed by atoms with Crippen LogP contribution >= 0.6 is 11.6 Å². The van der Waals surface area contributed by atoms with Crippen molar-refractivity contribution in [3.05, 3.63) is 29.3 Å². The summed E-state index contributed by atoms with van der Waals surface area (Å²) < 4.78 is 9.64.